The van der Waals surface area contributed by atoms with Gasteiger partial charge in [0, 0.05) is 30.8 Å². The number of nitrogens with one attached hydrogen (secondary N) is 1. The van der Waals surface area contributed by atoms with Gasteiger partial charge in [0.2, 0.25) is 5.91 Å². The Morgan fingerprint density at radius 3 is 2.79 bits per heavy atom. The quantitative estimate of drug-likeness (QED) is 0.226. The summed E-state index contributed by atoms with van der Waals surface area (Å²) in [4.78, 5) is 11.7. The van der Waals surface area contributed by atoms with Crippen molar-refractivity contribution in [2.75, 3.05) is 13.2 Å². The van der Waals surface area contributed by atoms with Crippen LogP contribution in [0.3, 0.4) is 0 Å². The summed E-state index contributed by atoms with van der Waals surface area (Å²) in [6, 6.07) is 0. The van der Waals surface area contributed by atoms with E-state index in [1.807, 2.05) is 0 Å². The van der Waals surface area contributed by atoms with Gasteiger partial charge in [0.05, 0.1) is 24.9 Å². The second-order valence-electron chi connectivity index (χ2n) is 7.27. The number of hydrogen-bond donors (Lipinski definition) is 5. The lowest BCUT2D eigenvalue weighted by Gasteiger charge is -2.19. The average molecular weight is 402 g/mol. The van der Waals surface area contributed by atoms with E-state index in [9.17, 15) is 20.1 Å². The van der Waals surface area contributed by atoms with Crippen LogP contribution in [0, 0.1) is 11.8 Å². The number of aliphatic hydroxyl groups is 4. The van der Waals surface area contributed by atoms with E-state index in [1.165, 1.54) is 6.08 Å². The van der Waals surface area contributed by atoms with Gasteiger partial charge in [-0.25, -0.2) is 0 Å². The largest absolute Gasteiger partial charge is 0.395 e. The first-order chi connectivity index (χ1) is 14.9. The summed E-state index contributed by atoms with van der Waals surface area (Å²) in [5, 5.41) is 41.7. The molecule has 0 aromatic rings. The van der Waals surface area contributed by atoms with Gasteiger partial charge in [-0.05, 0) is 31.5 Å². The van der Waals surface area contributed by atoms with Crippen LogP contribution in [0.5, 0.6) is 0 Å². The molecule has 28 heavy (non-hydrogen) atoms. The Morgan fingerprint density at radius 2 is 2.07 bits per heavy atom. The molecule has 1 rings (SSSR count). The third-order valence-electron chi connectivity index (χ3n) is 4.97. The van der Waals surface area contributed by atoms with Gasteiger partial charge in [-0.1, -0.05) is 50.5 Å². The highest BCUT2D eigenvalue weighted by atomic mass is 16.3. The highest BCUT2D eigenvalue weighted by Crippen LogP contribution is 2.36. The van der Waals surface area contributed by atoms with Crippen LogP contribution < -0.4 is 5.32 Å². The molecule has 0 bridgehead atoms. The van der Waals surface area contributed by atoms with Crippen molar-refractivity contribution in [3.63, 3.8) is 0 Å². The topological polar surface area (TPSA) is 110 Å². The molecule has 0 radical (unpaired) electrons. The molecule has 1 amide bonds. The zero-order chi connectivity index (χ0) is 24.4. The molecule has 0 saturated heterocycles. The Hall–Kier alpha value is -1.21. The first-order valence-electron chi connectivity index (χ1n) is 12.2. The number of hydrogen-bond acceptors (Lipinski definition) is 5. The first-order valence-corrected chi connectivity index (χ1v) is 10.2. The van der Waals surface area contributed by atoms with E-state index in [2.05, 4.69) is 12.2 Å². The van der Waals surface area contributed by atoms with Gasteiger partial charge in [0.15, 0.2) is 0 Å². The second kappa shape index (κ2) is 14.7. The molecule has 6 heteroatoms. The molecule has 0 spiro atoms. The van der Waals surface area contributed by atoms with Crippen LogP contribution in [0.1, 0.15) is 70.1 Å². The SMILES string of the molecule is [2H]C([2H])(/C=C\C[C@@H]1[C@@H](/C=C/[C@@H](O)CCCCC)[C@H](O)C[C@@H]1O)C([2H])([2H])CC(=O)NCCO. The summed E-state index contributed by atoms with van der Waals surface area (Å²) in [5.74, 6) is -1.49. The number of aliphatic hydroxyl groups excluding tert-OH is 4. The molecular formula is C22H39NO5. The molecule has 0 unspecified atom stereocenters. The Labute approximate surface area is 175 Å². The van der Waals surface area contributed by atoms with Crippen LogP contribution in [-0.4, -0.2) is 57.8 Å². The zero-order valence-electron chi connectivity index (χ0n) is 20.8. The third kappa shape index (κ3) is 9.82. The number of amides is 1. The van der Waals surface area contributed by atoms with Crippen molar-refractivity contribution in [2.45, 2.75) is 82.9 Å². The molecule has 0 aromatic heterocycles. The van der Waals surface area contributed by atoms with E-state index < -0.39 is 55.2 Å². The summed E-state index contributed by atoms with van der Waals surface area (Å²) in [6.45, 7) is 1.76. The predicted octanol–water partition coefficient (Wildman–Crippen LogP) is 2.07. The van der Waals surface area contributed by atoms with Gasteiger partial charge >= 0.3 is 0 Å². The average Bonchev–Trinajstić information content (AvgIpc) is 2.97. The molecule has 1 aliphatic carbocycles. The summed E-state index contributed by atoms with van der Waals surface area (Å²) >= 11 is 0. The predicted molar refractivity (Wildman–Crippen MR) is 111 cm³/mol. The maximum absolute atomic E-state index is 11.7. The summed E-state index contributed by atoms with van der Waals surface area (Å²) in [6.07, 6.45) is 2.05. The van der Waals surface area contributed by atoms with Gasteiger partial charge in [0.25, 0.3) is 0 Å². The van der Waals surface area contributed by atoms with Crippen LogP contribution in [-0.2, 0) is 4.79 Å². The van der Waals surface area contributed by atoms with Crippen molar-refractivity contribution in [2.24, 2.45) is 11.8 Å². The number of allylic oxidation sites excluding steroid dienone is 2. The fourth-order valence-corrected chi connectivity index (χ4v) is 3.39. The van der Waals surface area contributed by atoms with E-state index in [0.29, 0.717) is 6.42 Å². The molecule has 1 fully saturated rings. The van der Waals surface area contributed by atoms with Gasteiger partial charge in [-0.3, -0.25) is 4.79 Å². The summed E-state index contributed by atoms with van der Waals surface area (Å²) in [5.41, 5.74) is 0. The van der Waals surface area contributed by atoms with Crippen LogP contribution in [0.15, 0.2) is 24.3 Å². The minimum atomic E-state index is -2.47. The van der Waals surface area contributed by atoms with Gasteiger partial charge in [-0.2, -0.15) is 0 Å². The lowest BCUT2D eigenvalue weighted by molar-refractivity contribution is -0.121. The van der Waals surface area contributed by atoms with E-state index in [4.69, 9.17) is 10.6 Å². The van der Waals surface area contributed by atoms with Gasteiger partial charge < -0.3 is 25.7 Å². The number of carbonyl (C=O) groups excluding carboxylic acids is 1. The molecule has 0 aliphatic heterocycles. The number of rotatable bonds is 14. The molecule has 1 aliphatic rings. The van der Waals surface area contributed by atoms with E-state index >= 15 is 0 Å². The van der Waals surface area contributed by atoms with Crippen molar-refractivity contribution >= 4 is 5.91 Å². The third-order valence-corrected chi connectivity index (χ3v) is 4.97. The Balaban J connectivity index is 2.75. The highest BCUT2D eigenvalue weighted by molar-refractivity contribution is 5.75. The monoisotopic (exact) mass is 401 g/mol. The normalized spacial score (nSPS) is 29.5. The van der Waals surface area contributed by atoms with Crippen molar-refractivity contribution in [1.82, 2.24) is 5.32 Å². The van der Waals surface area contributed by atoms with Crippen molar-refractivity contribution in [1.29, 1.82) is 0 Å². The van der Waals surface area contributed by atoms with E-state index in [1.54, 1.807) is 12.2 Å². The van der Waals surface area contributed by atoms with Gasteiger partial charge in [0.1, 0.15) is 0 Å². The summed E-state index contributed by atoms with van der Waals surface area (Å²) in [7, 11) is 0. The number of unbranched alkanes of at least 4 members (excludes halogenated alkanes) is 2. The summed E-state index contributed by atoms with van der Waals surface area (Å²) < 4.78 is 32.0. The first kappa shape index (κ1) is 18.8. The van der Waals surface area contributed by atoms with E-state index in [-0.39, 0.29) is 26.0 Å². The van der Waals surface area contributed by atoms with Crippen molar-refractivity contribution in [3.8, 4) is 0 Å². The Morgan fingerprint density at radius 1 is 1.29 bits per heavy atom. The second-order valence-corrected chi connectivity index (χ2v) is 7.27. The maximum Gasteiger partial charge on any atom is 0.220 e. The highest BCUT2D eigenvalue weighted by Gasteiger charge is 2.39. The maximum atomic E-state index is 11.7. The van der Waals surface area contributed by atoms with Gasteiger partial charge in [-0.15, -0.1) is 0 Å². The molecular weight excluding hydrogens is 358 g/mol. The lowest BCUT2D eigenvalue weighted by atomic mass is 9.89. The van der Waals surface area contributed by atoms with Crippen LogP contribution >= 0.6 is 0 Å². The fraction of sp³-hybridized carbons (Fsp3) is 0.773. The molecule has 0 aromatic carbocycles. The van der Waals surface area contributed by atoms with Crippen molar-refractivity contribution in [3.05, 3.63) is 24.3 Å². The minimum Gasteiger partial charge on any atom is -0.395 e. The fourth-order valence-electron chi connectivity index (χ4n) is 3.39. The Bertz CT molecular complexity index is 629. The number of carbonyl (C=O) groups is 1. The van der Waals surface area contributed by atoms with Crippen LogP contribution in [0.25, 0.3) is 0 Å². The lowest BCUT2D eigenvalue weighted by Crippen LogP contribution is -2.25. The molecule has 5 N–H and O–H groups in total. The minimum absolute atomic E-state index is 0.0299. The molecule has 162 valence electrons. The molecule has 6 nitrogen and oxygen atoms in total. The Kier molecular flexibility index (Phi) is 9.90. The molecule has 5 atom stereocenters. The van der Waals surface area contributed by atoms with E-state index in [0.717, 1.165) is 25.3 Å². The molecule has 0 heterocycles. The zero-order valence-corrected chi connectivity index (χ0v) is 16.8. The van der Waals surface area contributed by atoms with Crippen LogP contribution in [0.2, 0.25) is 0 Å². The molecule has 1 saturated carbocycles. The van der Waals surface area contributed by atoms with Crippen LogP contribution in [0.4, 0.5) is 0 Å². The smallest absolute Gasteiger partial charge is 0.220 e. The standard InChI is InChI=1S/C22H39NO5/c1-2-3-6-9-17(25)12-13-19-18(20(26)16-21(19)27)10-7-4-5-8-11-22(28)23-14-15-24/h4,7,12-13,17-21,24-27H,2-3,5-6,8-11,14-16H2,1H3,(H,23,28)/b7-4-,13-12+/t17-,18+,19+,20-,21+/m0/s1/i5D2,8D2. The van der Waals surface area contributed by atoms with Crippen molar-refractivity contribution < 1.29 is 30.7 Å².